The van der Waals surface area contributed by atoms with Gasteiger partial charge in [-0.3, -0.25) is 0 Å². The predicted molar refractivity (Wildman–Crippen MR) is 59.0 cm³/mol. The zero-order valence-electron chi connectivity index (χ0n) is 9.12. The second kappa shape index (κ2) is 4.11. The lowest BCUT2D eigenvalue weighted by Crippen LogP contribution is -2.42. The van der Waals surface area contributed by atoms with Gasteiger partial charge in [0.25, 0.3) is 0 Å². The van der Waals surface area contributed by atoms with Gasteiger partial charge in [-0.05, 0) is 25.8 Å². The maximum absolute atomic E-state index is 10.3. The summed E-state index contributed by atoms with van der Waals surface area (Å²) in [6.07, 6.45) is 0.633. The molecule has 0 saturated heterocycles. The minimum atomic E-state index is -0.895. The molecule has 2 atom stereocenters. The fourth-order valence-electron chi connectivity index (χ4n) is 1.63. The van der Waals surface area contributed by atoms with E-state index in [-0.39, 0.29) is 6.04 Å². The fraction of sp³-hybridized carbons (Fsp3) is 0.500. The fourth-order valence-corrected chi connectivity index (χ4v) is 1.63. The molecular formula is C12H19NO. The van der Waals surface area contributed by atoms with Crippen LogP contribution in [-0.4, -0.2) is 11.1 Å². The molecule has 0 spiro atoms. The van der Waals surface area contributed by atoms with Gasteiger partial charge in [0.1, 0.15) is 5.60 Å². The first-order chi connectivity index (χ1) is 6.50. The van der Waals surface area contributed by atoms with Crippen molar-refractivity contribution in [3.05, 3.63) is 35.4 Å². The van der Waals surface area contributed by atoms with Crippen LogP contribution >= 0.6 is 0 Å². The smallest absolute Gasteiger partial charge is 0.104 e. The molecular weight excluding hydrogens is 174 g/mol. The van der Waals surface area contributed by atoms with Gasteiger partial charge in [0.15, 0.2) is 0 Å². The number of aryl methyl sites for hydroxylation is 1. The molecule has 0 radical (unpaired) electrons. The van der Waals surface area contributed by atoms with Crippen molar-refractivity contribution in [1.29, 1.82) is 0 Å². The van der Waals surface area contributed by atoms with Crippen LogP contribution in [0, 0.1) is 6.92 Å². The summed E-state index contributed by atoms with van der Waals surface area (Å²) in [5.74, 6) is 0. The number of benzene rings is 1. The minimum Gasteiger partial charge on any atom is -0.384 e. The van der Waals surface area contributed by atoms with Crippen LogP contribution in [0.25, 0.3) is 0 Å². The first kappa shape index (κ1) is 11.2. The molecule has 0 aliphatic heterocycles. The first-order valence-corrected chi connectivity index (χ1v) is 5.05. The molecule has 2 heteroatoms. The van der Waals surface area contributed by atoms with Gasteiger partial charge in [0.05, 0.1) is 0 Å². The van der Waals surface area contributed by atoms with E-state index in [9.17, 15) is 5.11 Å². The molecule has 2 nitrogen and oxygen atoms in total. The third kappa shape index (κ3) is 1.97. The Labute approximate surface area is 85.8 Å². The zero-order valence-corrected chi connectivity index (χ0v) is 9.12. The summed E-state index contributed by atoms with van der Waals surface area (Å²) in [5.41, 5.74) is 7.00. The lowest BCUT2D eigenvalue weighted by molar-refractivity contribution is 0.0111. The van der Waals surface area contributed by atoms with Gasteiger partial charge >= 0.3 is 0 Å². The monoisotopic (exact) mass is 193 g/mol. The molecule has 0 bridgehead atoms. The Kier molecular flexibility index (Phi) is 3.29. The molecule has 0 fully saturated rings. The molecule has 0 saturated carbocycles. The van der Waals surface area contributed by atoms with Gasteiger partial charge in [0, 0.05) is 6.04 Å². The average molecular weight is 193 g/mol. The molecule has 1 rings (SSSR count). The quantitative estimate of drug-likeness (QED) is 0.770. The van der Waals surface area contributed by atoms with Crippen molar-refractivity contribution in [3.8, 4) is 0 Å². The van der Waals surface area contributed by atoms with E-state index in [2.05, 4.69) is 0 Å². The summed E-state index contributed by atoms with van der Waals surface area (Å²) in [5, 5.41) is 10.3. The van der Waals surface area contributed by atoms with Crippen molar-refractivity contribution < 1.29 is 5.11 Å². The van der Waals surface area contributed by atoms with E-state index in [0.29, 0.717) is 6.42 Å². The van der Waals surface area contributed by atoms with Crippen LogP contribution in [0.3, 0.4) is 0 Å². The Morgan fingerprint density at radius 1 is 1.36 bits per heavy atom. The summed E-state index contributed by atoms with van der Waals surface area (Å²) < 4.78 is 0. The minimum absolute atomic E-state index is 0.254. The number of aliphatic hydroxyl groups is 1. The highest BCUT2D eigenvalue weighted by molar-refractivity contribution is 5.27. The lowest BCUT2D eigenvalue weighted by Gasteiger charge is -2.31. The maximum Gasteiger partial charge on any atom is 0.104 e. The van der Waals surface area contributed by atoms with Crippen LogP contribution in [0.2, 0.25) is 0 Å². The highest BCUT2D eigenvalue weighted by Crippen LogP contribution is 2.27. The second-order valence-corrected chi connectivity index (χ2v) is 3.93. The molecule has 3 N–H and O–H groups in total. The molecule has 1 aromatic carbocycles. The van der Waals surface area contributed by atoms with Crippen LogP contribution in [0.15, 0.2) is 24.3 Å². The Morgan fingerprint density at radius 3 is 2.21 bits per heavy atom. The third-order valence-electron chi connectivity index (χ3n) is 2.84. The largest absolute Gasteiger partial charge is 0.384 e. The van der Waals surface area contributed by atoms with E-state index in [4.69, 9.17) is 5.73 Å². The predicted octanol–water partition coefficient (Wildman–Crippen LogP) is 1.94. The average Bonchev–Trinajstić information content (AvgIpc) is 2.17. The Balaban J connectivity index is 3.06. The van der Waals surface area contributed by atoms with Crippen molar-refractivity contribution in [1.82, 2.24) is 0 Å². The summed E-state index contributed by atoms with van der Waals surface area (Å²) in [6, 6.07) is 7.64. The van der Waals surface area contributed by atoms with Gasteiger partial charge < -0.3 is 10.8 Å². The van der Waals surface area contributed by atoms with Crippen molar-refractivity contribution >= 4 is 0 Å². The number of hydrogen-bond acceptors (Lipinski definition) is 2. The Hall–Kier alpha value is -0.860. The van der Waals surface area contributed by atoms with E-state index < -0.39 is 5.60 Å². The Morgan fingerprint density at radius 2 is 1.86 bits per heavy atom. The molecule has 14 heavy (non-hydrogen) atoms. The van der Waals surface area contributed by atoms with Gasteiger partial charge in [-0.15, -0.1) is 0 Å². The van der Waals surface area contributed by atoms with Gasteiger partial charge in [-0.25, -0.2) is 0 Å². The van der Waals surface area contributed by atoms with Gasteiger partial charge in [0.2, 0.25) is 0 Å². The standard InChI is InChI=1S/C12H19NO/c1-4-12(14,10(3)13)11-7-5-9(2)6-8-11/h5-8,10,14H,4,13H2,1-3H3. The third-order valence-corrected chi connectivity index (χ3v) is 2.84. The molecule has 0 aliphatic carbocycles. The van der Waals surface area contributed by atoms with E-state index in [1.165, 1.54) is 5.56 Å². The molecule has 78 valence electrons. The van der Waals surface area contributed by atoms with Crippen LogP contribution in [0.4, 0.5) is 0 Å². The van der Waals surface area contributed by atoms with E-state index >= 15 is 0 Å². The van der Waals surface area contributed by atoms with Crippen LogP contribution in [-0.2, 0) is 5.60 Å². The van der Waals surface area contributed by atoms with Crippen LogP contribution < -0.4 is 5.73 Å². The van der Waals surface area contributed by atoms with Gasteiger partial charge in [-0.1, -0.05) is 36.8 Å². The number of hydrogen-bond donors (Lipinski definition) is 2. The SMILES string of the molecule is CCC(O)(c1ccc(C)cc1)C(C)N. The number of rotatable bonds is 3. The molecule has 0 aliphatic rings. The van der Waals surface area contributed by atoms with Crippen LogP contribution in [0.1, 0.15) is 31.4 Å². The highest BCUT2D eigenvalue weighted by atomic mass is 16.3. The molecule has 0 aromatic heterocycles. The second-order valence-electron chi connectivity index (χ2n) is 3.93. The maximum atomic E-state index is 10.3. The van der Waals surface area contributed by atoms with E-state index in [1.807, 2.05) is 45.0 Å². The topological polar surface area (TPSA) is 46.2 Å². The molecule has 2 unspecified atom stereocenters. The first-order valence-electron chi connectivity index (χ1n) is 5.05. The summed E-state index contributed by atoms with van der Waals surface area (Å²) >= 11 is 0. The molecule has 0 heterocycles. The molecule has 1 aromatic rings. The summed E-state index contributed by atoms with van der Waals surface area (Å²) in [7, 11) is 0. The molecule has 0 amide bonds. The summed E-state index contributed by atoms with van der Waals surface area (Å²) in [6.45, 7) is 5.81. The normalized spacial score (nSPS) is 17.5. The van der Waals surface area contributed by atoms with Crippen molar-refractivity contribution in [3.63, 3.8) is 0 Å². The van der Waals surface area contributed by atoms with Gasteiger partial charge in [-0.2, -0.15) is 0 Å². The lowest BCUT2D eigenvalue weighted by atomic mass is 9.85. The van der Waals surface area contributed by atoms with Crippen molar-refractivity contribution in [2.75, 3.05) is 0 Å². The van der Waals surface area contributed by atoms with E-state index in [0.717, 1.165) is 5.56 Å². The highest BCUT2D eigenvalue weighted by Gasteiger charge is 2.31. The van der Waals surface area contributed by atoms with E-state index in [1.54, 1.807) is 0 Å². The zero-order chi connectivity index (χ0) is 10.8. The van der Waals surface area contributed by atoms with Crippen LogP contribution in [0.5, 0.6) is 0 Å². The Bertz CT molecular complexity index is 292. The van der Waals surface area contributed by atoms with Crippen molar-refractivity contribution in [2.45, 2.75) is 38.8 Å². The summed E-state index contributed by atoms with van der Waals surface area (Å²) in [4.78, 5) is 0. The van der Waals surface area contributed by atoms with Crippen molar-refractivity contribution in [2.24, 2.45) is 5.73 Å². The number of nitrogens with two attached hydrogens (primary N) is 1.